The van der Waals surface area contributed by atoms with E-state index >= 15 is 0 Å². The summed E-state index contributed by atoms with van der Waals surface area (Å²) in [5, 5.41) is 9.88. The van der Waals surface area contributed by atoms with Gasteiger partial charge in [-0.3, -0.25) is 0 Å². The van der Waals surface area contributed by atoms with Crippen molar-refractivity contribution >= 4 is 0 Å². The van der Waals surface area contributed by atoms with Gasteiger partial charge in [0.1, 0.15) is 5.75 Å². The fraction of sp³-hybridized carbons (Fsp3) is 0.625. The normalized spacial score (nSPS) is 11.8. The lowest BCUT2D eigenvalue weighted by Gasteiger charge is -2.21. The highest BCUT2D eigenvalue weighted by molar-refractivity contribution is 5.40. The summed E-state index contributed by atoms with van der Waals surface area (Å²) in [5.41, 5.74) is 2.43. The van der Waals surface area contributed by atoms with Crippen LogP contribution in [0.25, 0.3) is 0 Å². The lowest BCUT2D eigenvalue weighted by atomic mass is 9.85. The van der Waals surface area contributed by atoms with Gasteiger partial charge in [0.2, 0.25) is 0 Å². The first-order valence-electron chi connectivity index (χ1n) is 6.77. The molecular formula is C16H26O. The van der Waals surface area contributed by atoms with Crippen LogP contribution in [0.15, 0.2) is 18.2 Å². The van der Waals surface area contributed by atoms with Crippen LogP contribution in [0.5, 0.6) is 5.75 Å². The van der Waals surface area contributed by atoms with Crippen LogP contribution in [0.4, 0.5) is 0 Å². The lowest BCUT2D eigenvalue weighted by molar-refractivity contribution is 0.446. The van der Waals surface area contributed by atoms with Crippen LogP contribution in [0.2, 0.25) is 0 Å². The summed E-state index contributed by atoms with van der Waals surface area (Å²) >= 11 is 0. The van der Waals surface area contributed by atoms with Crippen LogP contribution >= 0.6 is 0 Å². The summed E-state index contributed by atoms with van der Waals surface area (Å²) < 4.78 is 0. The molecule has 96 valence electrons. The number of hydrogen-bond acceptors (Lipinski definition) is 1. The van der Waals surface area contributed by atoms with Gasteiger partial charge in [-0.1, -0.05) is 59.1 Å². The molecule has 0 saturated heterocycles. The number of phenolic OH excluding ortho intramolecular Hbond substituents is 1. The Kier molecular flexibility index (Phi) is 5.04. The highest BCUT2D eigenvalue weighted by atomic mass is 16.3. The molecule has 1 nitrogen and oxygen atoms in total. The van der Waals surface area contributed by atoms with E-state index in [0.717, 1.165) is 12.0 Å². The van der Waals surface area contributed by atoms with Crippen molar-refractivity contribution in [3.05, 3.63) is 29.3 Å². The van der Waals surface area contributed by atoms with Crippen LogP contribution in [0.3, 0.4) is 0 Å². The first-order chi connectivity index (χ1) is 7.95. The minimum Gasteiger partial charge on any atom is -0.508 e. The van der Waals surface area contributed by atoms with Gasteiger partial charge in [-0.05, 0) is 35.4 Å². The van der Waals surface area contributed by atoms with Crippen LogP contribution in [0, 0.1) is 0 Å². The Bertz CT molecular complexity index is 347. The molecular weight excluding hydrogens is 208 g/mol. The molecule has 0 spiro atoms. The minimum atomic E-state index is 0.0174. The highest BCUT2D eigenvalue weighted by Crippen LogP contribution is 2.31. The maximum atomic E-state index is 9.88. The van der Waals surface area contributed by atoms with Gasteiger partial charge in [0, 0.05) is 0 Å². The molecule has 0 atom stereocenters. The molecule has 0 amide bonds. The Hall–Kier alpha value is -0.980. The van der Waals surface area contributed by atoms with Crippen LogP contribution < -0.4 is 0 Å². The molecule has 0 bridgehead atoms. The molecule has 0 radical (unpaired) electrons. The molecule has 1 aromatic rings. The van der Waals surface area contributed by atoms with Crippen molar-refractivity contribution in [2.45, 2.75) is 65.2 Å². The van der Waals surface area contributed by atoms with E-state index < -0.39 is 0 Å². The zero-order valence-corrected chi connectivity index (χ0v) is 11.7. The molecule has 0 aliphatic heterocycles. The fourth-order valence-electron chi connectivity index (χ4n) is 2.10. The fourth-order valence-corrected chi connectivity index (χ4v) is 2.10. The SMILES string of the molecule is CCCCCCc1ccc(O)c(C(C)(C)C)c1. The number of aromatic hydroxyl groups is 1. The predicted molar refractivity (Wildman–Crippen MR) is 74.7 cm³/mol. The Morgan fingerprint density at radius 2 is 1.76 bits per heavy atom. The third-order valence-electron chi connectivity index (χ3n) is 3.19. The smallest absolute Gasteiger partial charge is 0.119 e. The standard InChI is InChI=1S/C16H26O/c1-5-6-7-8-9-13-10-11-15(17)14(12-13)16(2,3)4/h10-12,17H,5-9H2,1-4H3. The summed E-state index contributed by atoms with van der Waals surface area (Å²) in [6.45, 7) is 8.66. The van der Waals surface area contributed by atoms with Gasteiger partial charge in [-0.2, -0.15) is 0 Å². The van der Waals surface area contributed by atoms with E-state index in [1.807, 2.05) is 6.07 Å². The Labute approximate surface area is 106 Å². The van der Waals surface area contributed by atoms with Gasteiger partial charge in [0.25, 0.3) is 0 Å². The summed E-state index contributed by atoms with van der Waals surface area (Å²) in [5.74, 6) is 0.426. The van der Waals surface area contributed by atoms with Crippen LogP contribution in [-0.4, -0.2) is 5.11 Å². The lowest BCUT2D eigenvalue weighted by Crippen LogP contribution is -2.11. The Balaban J connectivity index is 2.69. The molecule has 0 aliphatic carbocycles. The first kappa shape index (κ1) is 14.1. The minimum absolute atomic E-state index is 0.0174. The number of hydrogen-bond donors (Lipinski definition) is 1. The zero-order chi connectivity index (χ0) is 12.9. The molecule has 0 saturated carbocycles. The maximum absolute atomic E-state index is 9.88. The molecule has 1 heteroatoms. The summed E-state index contributed by atoms with van der Waals surface area (Å²) in [6.07, 6.45) is 6.29. The van der Waals surface area contributed by atoms with Gasteiger partial charge in [0.05, 0.1) is 0 Å². The van der Waals surface area contributed by atoms with E-state index in [9.17, 15) is 5.11 Å². The maximum Gasteiger partial charge on any atom is 0.119 e. The molecule has 0 aromatic heterocycles. The van der Waals surface area contributed by atoms with Crippen molar-refractivity contribution in [2.75, 3.05) is 0 Å². The van der Waals surface area contributed by atoms with E-state index in [4.69, 9.17) is 0 Å². The topological polar surface area (TPSA) is 20.2 Å². The molecule has 1 N–H and O–H groups in total. The third-order valence-corrected chi connectivity index (χ3v) is 3.19. The third kappa shape index (κ3) is 4.41. The van der Waals surface area contributed by atoms with E-state index in [1.165, 1.54) is 31.2 Å². The monoisotopic (exact) mass is 234 g/mol. The van der Waals surface area contributed by atoms with Gasteiger partial charge < -0.3 is 5.11 Å². The largest absolute Gasteiger partial charge is 0.508 e. The van der Waals surface area contributed by atoms with Crippen molar-refractivity contribution in [3.8, 4) is 5.75 Å². The number of unbranched alkanes of at least 4 members (excludes halogenated alkanes) is 3. The molecule has 17 heavy (non-hydrogen) atoms. The molecule has 0 heterocycles. The van der Waals surface area contributed by atoms with Gasteiger partial charge in [0.15, 0.2) is 0 Å². The zero-order valence-electron chi connectivity index (χ0n) is 11.7. The summed E-state index contributed by atoms with van der Waals surface area (Å²) in [6, 6.07) is 6.06. The average molecular weight is 234 g/mol. The van der Waals surface area contributed by atoms with Crippen molar-refractivity contribution in [1.29, 1.82) is 0 Å². The van der Waals surface area contributed by atoms with Crippen molar-refractivity contribution in [3.63, 3.8) is 0 Å². The van der Waals surface area contributed by atoms with E-state index in [1.54, 1.807) is 0 Å². The second-order valence-corrected chi connectivity index (χ2v) is 5.91. The summed E-state index contributed by atoms with van der Waals surface area (Å²) in [7, 11) is 0. The molecule has 1 rings (SSSR count). The van der Waals surface area contributed by atoms with Crippen molar-refractivity contribution in [1.82, 2.24) is 0 Å². The highest BCUT2D eigenvalue weighted by Gasteiger charge is 2.18. The van der Waals surface area contributed by atoms with Crippen molar-refractivity contribution < 1.29 is 5.11 Å². The molecule has 0 fully saturated rings. The molecule has 0 aliphatic rings. The Morgan fingerprint density at radius 1 is 1.06 bits per heavy atom. The van der Waals surface area contributed by atoms with Gasteiger partial charge >= 0.3 is 0 Å². The first-order valence-corrected chi connectivity index (χ1v) is 6.77. The number of phenols is 1. The predicted octanol–water partition coefficient (Wildman–Crippen LogP) is 4.81. The Morgan fingerprint density at radius 3 is 2.35 bits per heavy atom. The van der Waals surface area contributed by atoms with Crippen molar-refractivity contribution in [2.24, 2.45) is 0 Å². The van der Waals surface area contributed by atoms with E-state index in [2.05, 4.69) is 39.8 Å². The summed E-state index contributed by atoms with van der Waals surface area (Å²) in [4.78, 5) is 0. The quantitative estimate of drug-likeness (QED) is 0.725. The second kappa shape index (κ2) is 6.09. The average Bonchev–Trinajstić information content (AvgIpc) is 2.25. The molecule has 1 aromatic carbocycles. The van der Waals surface area contributed by atoms with Crippen LogP contribution in [0.1, 0.15) is 64.5 Å². The second-order valence-electron chi connectivity index (χ2n) is 5.91. The molecule has 0 unspecified atom stereocenters. The van der Waals surface area contributed by atoms with E-state index in [-0.39, 0.29) is 5.41 Å². The van der Waals surface area contributed by atoms with Gasteiger partial charge in [-0.15, -0.1) is 0 Å². The van der Waals surface area contributed by atoms with Gasteiger partial charge in [-0.25, -0.2) is 0 Å². The number of benzene rings is 1. The number of aryl methyl sites for hydroxylation is 1. The van der Waals surface area contributed by atoms with Crippen LogP contribution in [-0.2, 0) is 11.8 Å². The number of rotatable bonds is 5. The van der Waals surface area contributed by atoms with E-state index in [0.29, 0.717) is 5.75 Å².